The van der Waals surface area contributed by atoms with Crippen molar-refractivity contribution in [3.8, 4) is 0 Å². The molecule has 0 spiro atoms. The van der Waals surface area contributed by atoms with Gasteiger partial charge in [0.15, 0.2) is 0 Å². The molecule has 1 atom stereocenters. The van der Waals surface area contributed by atoms with Crippen LogP contribution < -0.4 is 0 Å². The molecule has 0 saturated carbocycles. The Kier molecular flexibility index (Phi) is 4.90. The molecule has 0 aromatic carbocycles. The van der Waals surface area contributed by atoms with Gasteiger partial charge in [0.05, 0.1) is 19.8 Å². The van der Waals surface area contributed by atoms with Gasteiger partial charge < -0.3 is 14.7 Å². The molecule has 0 aliphatic carbocycles. The molecule has 0 aromatic heterocycles. The van der Waals surface area contributed by atoms with Crippen LogP contribution >= 0.6 is 0 Å². The second-order valence-corrected chi connectivity index (χ2v) is 3.77. The van der Waals surface area contributed by atoms with Crippen LogP contribution in [-0.2, 0) is 9.53 Å². The quantitative estimate of drug-likeness (QED) is 0.663. The molecule has 0 radical (unpaired) electrons. The van der Waals surface area contributed by atoms with Gasteiger partial charge in [-0.25, -0.2) is 0 Å². The average molecular weight is 201 g/mol. The third kappa shape index (κ3) is 3.64. The largest absolute Gasteiger partial charge is 0.394 e. The zero-order chi connectivity index (χ0) is 10.4. The molecule has 1 saturated heterocycles. The minimum absolute atomic E-state index is 0.0726. The Morgan fingerprint density at radius 1 is 1.64 bits per heavy atom. The third-order valence-electron chi connectivity index (χ3n) is 2.55. The standard InChI is InChI=1S/C10H19NO3/c1-9(13)11-4-2-3-10(7-11)8-14-6-5-12/h10,12H,2-8H2,1H3. The van der Waals surface area contributed by atoms with Gasteiger partial charge in [0.25, 0.3) is 0 Å². The summed E-state index contributed by atoms with van der Waals surface area (Å²) in [5.74, 6) is 0.594. The summed E-state index contributed by atoms with van der Waals surface area (Å²) in [6.45, 7) is 4.42. The lowest BCUT2D eigenvalue weighted by atomic mass is 9.99. The summed E-state index contributed by atoms with van der Waals surface area (Å²) in [6.07, 6.45) is 2.18. The predicted octanol–water partition coefficient (Wildman–Crippen LogP) is 0.254. The molecular weight excluding hydrogens is 182 g/mol. The molecule has 4 heteroatoms. The fourth-order valence-corrected chi connectivity index (χ4v) is 1.80. The Hall–Kier alpha value is -0.610. The normalized spacial score (nSPS) is 22.4. The van der Waals surface area contributed by atoms with Crippen LogP contribution in [0.4, 0.5) is 0 Å². The van der Waals surface area contributed by atoms with Crippen molar-refractivity contribution in [2.24, 2.45) is 5.92 Å². The monoisotopic (exact) mass is 201 g/mol. The number of aliphatic hydroxyl groups is 1. The maximum Gasteiger partial charge on any atom is 0.219 e. The highest BCUT2D eigenvalue weighted by Gasteiger charge is 2.21. The SMILES string of the molecule is CC(=O)N1CCCC(COCCO)C1. The fourth-order valence-electron chi connectivity index (χ4n) is 1.80. The molecule has 1 aliphatic heterocycles. The number of amides is 1. The second kappa shape index (κ2) is 5.98. The highest BCUT2D eigenvalue weighted by atomic mass is 16.5. The Balaban J connectivity index is 2.22. The molecule has 14 heavy (non-hydrogen) atoms. The molecule has 1 fully saturated rings. The van der Waals surface area contributed by atoms with E-state index >= 15 is 0 Å². The summed E-state index contributed by atoms with van der Waals surface area (Å²) in [5.41, 5.74) is 0. The summed E-state index contributed by atoms with van der Waals surface area (Å²) in [6, 6.07) is 0. The number of aliphatic hydroxyl groups excluding tert-OH is 1. The van der Waals surface area contributed by atoms with Crippen LogP contribution in [0.15, 0.2) is 0 Å². The molecule has 1 N–H and O–H groups in total. The molecule has 1 rings (SSSR count). The number of carbonyl (C=O) groups is 1. The first-order valence-corrected chi connectivity index (χ1v) is 5.18. The predicted molar refractivity (Wildman–Crippen MR) is 52.9 cm³/mol. The fraction of sp³-hybridized carbons (Fsp3) is 0.900. The summed E-state index contributed by atoms with van der Waals surface area (Å²) < 4.78 is 5.26. The minimum atomic E-state index is 0.0726. The second-order valence-electron chi connectivity index (χ2n) is 3.77. The number of hydrogen-bond donors (Lipinski definition) is 1. The van der Waals surface area contributed by atoms with Crippen molar-refractivity contribution in [2.45, 2.75) is 19.8 Å². The summed E-state index contributed by atoms with van der Waals surface area (Å²) in [4.78, 5) is 13.0. The van der Waals surface area contributed by atoms with E-state index in [0.29, 0.717) is 19.1 Å². The average Bonchev–Trinajstić information content (AvgIpc) is 2.19. The van der Waals surface area contributed by atoms with Crippen molar-refractivity contribution in [3.05, 3.63) is 0 Å². The van der Waals surface area contributed by atoms with Gasteiger partial charge >= 0.3 is 0 Å². The van der Waals surface area contributed by atoms with E-state index in [2.05, 4.69) is 0 Å². The van der Waals surface area contributed by atoms with Crippen molar-refractivity contribution in [3.63, 3.8) is 0 Å². The molecule has 1 amide bonds. The number of piperidine rings is 1. The first kappa shape index (κ1) is 11.5. The van der Waals surface area contributed by atoms with Crippen LogP contribution in [0, 0.1) is 5.92 Å². The van der Waals surface area contributed by atoms with Crippen LogP contribution in [0.25, 0.3) is 0 Å². The van der Waals surface area contributed by atoms with Gasteiger partial charge in [-0.05, 0) is 18.8 Å². The zero-order valence-electron chi connectivity index (χ0n) is 8.74. The van der Waals surface area contributed by atoms with Crippen molar-refractivity contribution in [1.82, 2.24) is 4.90 Å². The van der Waals surface area contributed by atoms with Gasteiger partial charge in [-0.15, -0.1) is 0 Å². The number of carbonyl (C=O) groups excluding carboxylic acids is 1. The number of ether oxygens (including phenoxy) is 1. The highest BCUT2D eigenvalue weighted by molar-refractivity contribution is 5.73. The van der Waals surface area contributed by atoms with Crippen LogP contribution in [0.1, 0.15) is 19.8 Å². The first-order valence-electron chi connectivity index (χ1n) is 5.18. The van der Waals surface area contributed by atoms with Gasteiger partial charge in [-0.1, -0.05) is 0 Å². The molecule has 4 nitrogen and oxygen atoms in total. The van der Waals surface area contributed by atoms with Crippen molar-refractivity contribution < 1.29 is 14.6 Å². The molecular formula is C10H19NO3. The number of hydrogen-bond acceptors (Lipinski definition) is 3. The topological polar surface area (TPSA) is 49.8 Å². The van der Waals surface area contributed by atoms with Crippen LogP contribution in [0.5, 0.6) is 0 Å². The van der Waals surface area contributed by atoms with E-state index in [1.165, 1.54) is 0 Å². The van der Waals surface area contributed by atoms with Crippen LogP contribution in [-0.4, -0.2) is 48.8 Å². The van der Waals surface area contributed by atoms with Crippen molar-refractivity contribution in [2.75, 3.05) is 32.9 Å². The van der Waals surface area contributed by atoms with E-state index in [1.807, 2.05) is 4.90 Å². The summed E-state index contributed by atoms with van der Waals surface area (Å²) >= 11 is 0. The van der Waals surface area contributed by atoms with Crippen molar-refractivity contribution >= 4 is 5.91 Å². The maximum atomic E-state index is 11.1. The van der Waals surface area contributed by atoms with Gasteiger partial charge in [-0.3, -0.25) is 4.79 Å². The van der Waals surface area contributed by atoms with Gasteiger partial charge in [0, 0.05) is 20.0 Å². The lowest BCUT2D eigenvalue weighted by Crippen LogP contribution is -2.40. The summed E-state index contributed by atoms with van der Waals surface area (Å²) in [5, 5.41) is 8.55. The zero-order valence-corrected chi connectivity index (χ0v) is 8.74. The lowest BCUT2D eigenvalue weighted by molar-refractivity contribution is -0.131. The lowest BCUT2D eigenvalue weighted by Gasteiger charge is -2.31. The van der Waals surface area contributed by atoms with Gasteiger partial charge in [0.2, 0.25) is 5.91 Å². The van der Waals surface area contributed by atoms with E-state index in [0.717, 1.165) is 25.9 Å². The van der Waals surface area contributed by atoms with Crippen LogP contribution in [0.2, 0.25) is 0 Å². The molecule has 1 heterocycles. The Morgan fingerprint density at radius 2 is 2.43 bits per heavy atom. The van der Waals surface area contributed by atoms with Gasteiger partial charge in [0.1, 0.15) is 0 Å². The molecule has 1 aliphatic rings. The van der Waals surface area contributed by atoms with E-state index in [1.54, 1.807) is 6.92 Å². The number of likely N-dealkylation sites (tertiary alicyclic amines) is 1. The maximum absolute atomic E-state index is 11.1. The van der Waals surface area contributed by atoms with E-state index in [4.69, 9.17) is 9.84 Å². The summed E-state index contributed by atoms with van der Waals surface area (Å²) in [7, 11) is 0. The highest BCUT2D eigenvalue weighted by Crippen LogP contribution is 2.16. The number of nitrogens with zero attached hydrogens (tertiary/aromatic N) is 1. The van der Waals surface area contributed by atoms with Gasteiger partial charge in [-0.2, -0.15) is 0 Å². The Bertz CT molecular complexity index is 184. The van der Waals surface area contributed by atoms with Crippen LogP contribution in [0.3, 0.4) is 0 Å². The third-order valence-corrected chi connectivity index (χ3v) is 2.55. The Morgan fingerprint density at radius 3 is 3.07 bits per heavy atom. The molecule has 82 valence electrons. The first-order chi connectivity index (χ1) is 6.74. The molecule has 0 bridgehead atoms. The van der Waals surface area contributed by atoms with E-state index in [9.17, 15) is 4.79 Å². The minimum Gasteiger partial charge on any atom is -0.394 e. The number of rotatable bonds is 4. The smallest absolute Gasteiger partial charge is 0.219 e. The van der Waals surface area contributed by atoms with E-state index in [-0.39, 0.29) is 12.5 Å². The van der Waals surface area contributed by atoms with Crippen molar-refractivity contribution in [1.29, 1.82) is 0 Å². The van der Waals surface area contributed by atoms with E-state index < -0.39 is 0 Å². The molecule has 0 aromatic rings. The Labute approximate surface area is 84.8 Å². The molecule has 1 unspecified atom stereocenters.